The van der Waals surface area contributed by atoms with Gasteiger partial charge in [0.2, 0.25) is 0 Å². The molecule has 0 aliphatic carbocycles. The largest absolute Gasteiger partial charge is 0.396 e. The van der Waals surface area contributed by atoms with E-state index in [2.05, 4.69) is 0 Å². The van der Waals surface area contributed by atoms with Crippen LogP contribution < -0.4 is 0 Å². The highest BCUT2D eigenvalue weighted by Crippen LogP contribution is 2.44. The number of hydrogen-bond donors (Lipinski definition) is 3. The quantitative estimate of drug-likeness (QED) is 0.595. The highest BCUT2D eigenvalue weighted by molar-refractivity contribution is 4.92. The Kier molecular flexibility index (Phi) is 5.54. The molecule has 3 aliphatic heterocycles. The number of aliphatic hydroxyl groups is 3. The van der Waals surface area contributed by atoms with Crippen LogP contribution in [0, 0.1) is 0 Å². The SMILES string of the molecule is CO[C@H]1C[C@H]2C[C@H](C[C@]3(C[C@H](O)C[C@H](O[C@H](O)CCO)O3)O2)O1. The smallest absolute Gasteiger partial charge is 0.176 e. The summed E-state index contributed by atoms with van der Waals surface area (Å²) < 4.78 is 28.5. The summed E-state index contributed by atoms with van der Waals surface area (Å²) in [6.45, 7) is -0.186. The van der Waals surface area contributed by atoms with Gasteiger partial charge >= 0.3 is 0 Å². The summed E-state index contributed by atoms with van der Waals surface area (Å²) in [7, 11) is 1.61. The minimum Gasteiger partial charge on any atom is -0.396 e. The van der Waals surface area contributed by atoms with Crippen molar-refractivity contribution in [3.8, 4) is 0 Å². The summed E-state index contributed by atoms with van der Waals surface area (Å²) in [5.41, 5.74) is 0. The van der Waals surface area contributed by atoms with E-state index in [1.165, 1.54) is 0 Å². The third-order valence-electron chi connectivity index (χ3n) is 4.55. The molecule has 0 aromatic carbocycles. The number of hydrogen-bond acceptors (Lipinski definition) is 8. The van der Waals surface area contributed by atoms with Crippen molar-refractivity contribution in [3.63, 3.8) is 0 Å². The predicted octanol–water partition coefficient (Wildman–Crippen LogP) is -0.162. The van der Waals surface area contributed by atoms with Crippen molar-refractivity contribution in [3.05, 3.63) is 0 Å². The molecule has 0 aromatic rings. The van der Waals surface area contributed by atoms with Crippen LogP contribution in [-0.4, -0.2) is 72.0 Å². The zero-order valence-corrected chi connectivity index (χ0v) is 13.3. The fraction of sp³-hybridized carbons (Fsp3) is 1.00. The number of methoxy groups -OCH3 is 1. The van der Waals surface area contributed by atoms with E-state index in [4.69, 9.17) is 28.8 Å². The van der Waals surface area contributed by atoms with Crippen molar-refractivity contribution in [1.82, 2.24) is 0 Å². The molecule has 3 rings (SSSR count). The van der Waals surface area contributed by atoms with Crippen molar-refractivity contribution >= 4 is 0 Å². The summed E-state index contributed by atoms with van der Waals surface area (Å²) in [5, 5.41) is 28.7. The fourth-order valence-corrected chi connectivity index (χ4v) is 3.65. The van der Waals surface area contributed by atoms with Crippen LogP contribution in [0.1, 0.15) is 38.5 Å². The minimum absolute atomic E-state index is 0.0548. The van der Waals surface area contributed by atoms with Crippen molar-refractivity contribution in [1.29, 1.82) is 0 Å². The molecule has 8 nitrogen and oxygen atoms in total. The Balaban J connectivity index is 1.64. The van der Waals surface area contributed by atoms with Gasteiger partial charge in [-0.25, -0.2) is 0 Å². The maximum absolute atomic E-state index is 10.2. The highest BCUT2D eigenvalue weighted by Gasteiger charge is 2.51. The summed E-state index contributed by atoms with van der Waals surface area (Å²) in [4.78, 5) is 0. The highest BCUT2D eigenvalue weighted by atomic mass is 16.8. The molecule has 0 saturated carbocycles. The van der Waals surface area contributed by atoms with E-state index in [9.17, 15) is 10.2 Å². The van der Waals surface area contributed by atoms with Crippen molar-refractivity contribution in [2.45, 2.75) is 81.5 Å². The van der Waals surface area contributed by atoms with Gasteiger partial charge < -0.3 is 39.0 Å². The summed E-state index contributed by atoms with van der Waals surface area (Å²) in [6.07, 6.45) is -0.378. The predicted molar refractivity (Wildman–Crippen MR) is 76.0 cm³/mol. The molecule has 7 atom stereocenters. The molecule has 3 aliphatic rings. The van der Waals surface area contributed by atoms with Crippen LogP contribution in [-0.2, 0) is 23.7 Å². The molecule has 2 bridgehead atoms. The van der Waals surface area contributed by atoms with Gasteiger partial charge in [0, 0.05) is 52.2 Å². The van der Waals surface area contributed by atoms with Crippen LogP contribution in [0.3, 0.4) is 0 Å². The minimum atomic E-state index is -1.13. The standard InChI is InChI=1S/C15H26O8/c1-19-13-6-10-5-11(20-13)8-15(22-10)7-9(17)4-14(23-15)21-12(18)2-3-16/h9-14,16-18H,2-8H2,1H3/t9-,10-,11-,12+,13-,14-,15-/m1/s1. The Hall–Kier alpha value is -0.320. The Bertz CT molecular complexity index is 378. The molecule has 3 N–H and O–H groups in total. The lowest BCUT2D eigenvalue weighted by atomic mass is 9.88. The van der Waals surface area contributed by atoms with Gasteiger partial charge in [0.05, 0.1) is 18.3 Å². The number of ether oxygens (including phenoxy) is 5. The van der Waals surface area contributed by atoms with Crippen molar-refractivity contribution in [2.24, 2.45) is 0 Å². The van der Waals surface area contributed by atoms with Crippen LogP contribution in [0.2, 0.25) is 0 Å². The lowest BCUT2D eigenvalue weighted by Gasteiger charge is -2.51. The Morgan fingerprint density at radius 3 is 2.65 bits per heavy atom. The molecule has 8 heteroatoms. The van der Waals surface area contributed by atoms with E-state index >= 15 is 0 Å². The van der Waals surface area contributed by atoms with E-state index < -0.39 is 24.5 Å². The molecular weight excluding hydrogens is 308 g/mol. The Labute approximate surface area is 135 Å². The maximum atomic E-state index is 10.2. The first-order valence-corrected chi connectivity index (χ1v) is 8.18. The van der Waals surface area contributed by atoms with Gasteiger partial charge in [0.1, 0.15) is 0 Å². The van der Waals surface area contributed by atoms with Gasteiger partial charge in [-0.05, 0) is 0 Å². The van der Waals surface area contributed by atoms with Gasteiger partial charge in [-0.15, -0.1) is 0 Å². The third kappa shape index (κ3) is 4.21. The normalized spacial score (nSPS) is 45.1. The first-order valence-electron chi connectivity index (χ1n) is 8.18. The van der Waals surface area contributed by atoms with Gasteiger partial charge in [0.15, 0.2) is 24.7 Å². The van der Waals surface area contributed by atoms with E-state index in [1.807, 2.05) is 0 Å². The van der Waals surface area contributed by atoms with E-state index in [0.717, 1.165) is 6.42 Å². The summed E-state index contributed by atoms with van der Waals surface area (Å²) in [5.74, 6) is -0.965. The molecule has 0 radical (unpaired) electrons. The average molecular weight is 334 g/mol. The second-order valence-electron chi connectivity index (χ2n) is 6.49. The van der Waals surface area contributed by atoms with Gasteiger partial charge in [0.25, 0.3) is 0 Å². The second kappa shape index (κ2) is 7.28. The van der Waals surface area contributed by atoms with Crippen LogP contribution in [0.25, 0.3) is 0 Å². The second-order valence-corrected chi connectivity index (χ2v) is 6.49. The Morgan fingerprint density at radius 2 is 1.96 bits per heavy atom. The van der Waals surface area contributed by atoms with E-state index in [0.29, 0.717) is 19.3 Å². The molecule has 3 saturated heterocycles. The molecule has 0 amide bonds. The van der Waals surface area contributed by atoms with E-state index in [1.54, 1.807) is 7.11 Å². The van der Waals surface area contributed by atoms with Gasteiger partial charge in [-0.2, -0.15) is 0 Å². The molecule has 23 heavy (non-hydrogen) atoms. The van der Waals surface area contributed by atoms with Crippen molar-refractivity contribution < 1.29 is 39.0 Å². The lowest BCUT2D eigenvalue weighted by Crippen LogP contribution is -2.58. The third-order valence-corrected chi connectivity index (χ3v) is 4.55. The number of rotatable bonds is 5. The lowest BCUT2D eigenvalue weighted by molar-refractivity contribution is -0.406. The molecule has 134 valence electrons. The van der Waals surface area contributed by atoms with Crippen LogP contribution in [0.5, 0.6) is 0 Å². The Morgan fingerprint density at radius 1 is 1.13 bits per heavy atom. The van der Waals surface area contributed by atoms with Crippen LogP contribution >= 0.6 is 0 Å². The molecular formula is C15H26O8. The fourth-order valence-electron chi connectivity index (χ4n) is 3.65. The molecule has 3 heterocycles. The van der Waals surface area contributed by atoms with E-state index in [-0.39, 0.29) is 37.9 Å². The monoisotopic (exact) mass is 334 g/mol. The van der Waals surface area contributed by atoms with Crippen LogP contribution in [0.15, 0.2) is 0 Å². The summed E-state index contributed by atoms with van der Waals surface area (Å²) in [6, 6.07) is 0. The summed E-state index contributed by atoms with van der Waals surface area (Å²) >= 11 is 0. The van der Waals surface area contributed by atoms with Crippen LogP contribution in [0.4, 0.5) is 0 Å². The molecule has 0 unspecified atom stereocenters. The first kappa shape index (κ1) is 17.5. The molecule has 0 aromatic heterocycles. The average Bonchev–Trinajstić information content (AvgIpc) is 2.45. The number of fused-ring (bicyclic) bond motifs is 2. The zero-order chi connectivity index (χ0) is 16.4. The van der Waals surface area contributed by atoms with Gasteiger partial charge in [-0.1, -0.05) is 0 Å². The zero-order valence-electron chi connectivity index (χ0n) is 13.3. The van der Waals surface area contributed by atoms with Gasteiger partial charge in [-0.3, -0.25) is 0 Å². The first-order chi connectivity index (χ1) is 11.0. The molecule has 1 spiro atoms. The molecule has 3 fully saturated rings. The van der Waals surface area contributed by atoms with Crippen molar-refractivity contribution in [2.75, 3.05) is 13.7 Å². The number of aliphatic hydroxyl groups excluding tert-OH is 3. The maximum Gasteiger partial charge on any atom is 0.176 e. The topological polar surface area (TPSA) is 107 Å².